The molecule has 2 nitrogen and oxygen atoms in total. The summed E-state index contributed by atoms with van der Waals surface area (Å²) in [7, 11) is 0. The van der Waals surface area contributed by atoms with Crippen molar-refractivity contribution >= 4 is 34.2 Å². The molecule has 78 valence electrons. The van der Waals surface area contributed by atoms with Crippen molar-refractivity contribution in [1.82, 2.24) is 4.90 Å². The molecule has 0 N–H and O–H groups in total. The Morgan fingerprint density at radius 1 is 1.29 bits per heavy atom. The maximum atomic E-state index is 11.7. The van der Waals surface area contributed by atoms with Crippen LogP contribution in [0, 0.1) is 0 Å². The number of thioether (sulfide) groups is 1. The van der Waals surface area contributed by atoms with Crippen molar-refractivity contribution in [3.63, 3.8) is 0 Å². The molecule has 2 fully saturated rings. The lowest BCUT2D eigenvalue weighted by molar-refractivity contribution is -0.128. The van der Waals surface area contributed by atoms with E-state index >= 15 is 0 Å². The number of carbonyl (C=O) groups excluding carboxylic acids is 1. The van der Waals surface area contributed by atoms with Gasteiger partial charge in [-0.05, 0) is 12.8 Å². The van der Waals surface area contributed by atoms with Gasteiger partial charge in [0.05, 0.1) is 0 Å². The largest absolute Gasteiger partial charge is 0.295 e. The Morgan fingerprint density at radius 3 is 2.64 bits per heavy atom. The molecular weight excluding hydrogens is 214 g/mol. The van der Waals surface area contributed by atoms with Crippen LogP contribution in [0.5, 0.6) is 0 Å². The number of thiocarbonyl (C=S) groups is 1. The number of rotatable bonds is 1. The van der Waals surface area contributed by atoms with E-state index in [4.69, 9.17) is 12.2 Å². The minimum absolute atomic E-state index is 0.251. The lowest BCUT2D eigenvalue weighted by atomic mass is 9.94. The van der Waals surface area contributed by atoms with Crippen molar-refractivity contribution in [2.24, 2.45) is 0 Å². The van der Waals surface area contributed by atoms with Gasteiger partial charge < -0.3 is 0 Å². The van der Waals surface area contributed by atoms with E-state index in [2.05, 4.69) is 0 Å². The van der Waals surface area contributed by atoms with Crippen molar-refractivity contribution in [3.8, 4) is 0 Å². The highest BCUT2D eigenvalue weighted by Crippen LogP contribution is 2.28. The van der Waals surface area contributed by atoms with Crippen molar-refractivity contribution in [2.45, 2.75) is 44.6 Å². The molecule has 4 heteroatoms. The van der Waals surface area contributed by atoms with Crippen LogP contribution in [0.25, 0.3) is 0 Å². The standard InChI is InChI=1S/C10H15NOS2/c12-9-6-7-14-10(13)11(9)8-4-2-1-3-5-8/h8H,1-7H2. The summed E-state index contributed by atoms with van der Waals surface area (Å²) >= 11 is 6.91. The quantitative estimate of drug-likeness (QED) is 0.645. The molecule has 2 aliphatic rings. The van der Waals surface area contributed by atoms with Gasteiger partial charge >= 0.3 is 0 Å². The van der Waals surface area contributed by atoms with Gasteiger partial charge in [0.25, 0.3) is 0 Å². The smallest absolute Gasteiger partial charge is 0.229 e. The number of hydrogen-bond donors (Lipinski definition) is 0. The highest BCUT2D eigenvalue weighted by Gasteiger charge is 2.31. The molecule has 1 saturated carbocycles. The van der Waals surface area contributed by atoms with E-state index in [-0.39, 0.29) is 5.91 Å². The zero-order valence-electron chi connectivity index (χ0n) is 8.20. The van der Waals surface area contributed by atoms with E-state index in [1.807, 2.05) is 4.90 Å². The van der Waals surface area contributed by atoms with Gasteiger partial charge in [0.2, 0.25) is 5.91 Å². The second-order valence-electron chi connectivity index (χ2n) is 3.92. The molecule has 1 aliphatic heterocycles. The Morgan fingerprint density at radius 2 is 2.00 bits per heavy atom. The number of nitrogens with zero attached hydrogens (tertiary/aromatic N) is 1. The van der Waals surface area contributed by atoms with Crippen LogP contribution in [-0.4, -0.2) is 26.9 Å². The second-order valence-corrected chi connectivity index (χ2v) is 5.65. The van der Waals surface area contributed by atoms with Gasteiger partial charge in [-0.3, -0.25) is 9.69 Å². The molecule has 0 unspecified atom stereocenters. The summed E-state index contributed by atoms with van der Waals surface area (Å²) < 4.78 is 0.813. The molecule has 14 heavy (non-hydrogen) atoms. The van der Waals surface area contributed by atoms with Crippen molar-refractivity contribution in [3.05, 3.63) is 0 Å². The maximum absolute atomic E-state index is 11.7. The van der Waals surface area contributed by atoms with E-state index in [1.165, 1.54) is 19.3 Å². The monoisotopic (exact) mass is 229 g/mol. The van der Waals surface area contributed by atoms with Crippen LogP contribution in [0.15, 0.2) is 0 Å². The topological polar surface area (TPSA) is 20.3 Å². The number of hydrogen-bond acceptors (Lipinski definition) is 3. The fraction of sp³-hybridized carbons (Fsp3) is 0.800. The number of amides is 1. The van der Waals surface area contributed by atoms with Gasteiger partial charge in [-0.15, -0.1) is 0 Å². The molecule has 0 spiro atoms. The first-order valence-corrected chi connectivity index (χ1v) is 6.67. The summed E-state index contributed by atoms with van der Waals surface area (Å²) in [6.07, 6.45) is 6.78. The Labute approximate surface area is 94.4 Å². The Balaban J connectivity index is 2.05. The maximum Gasteiger partial charge on any atom is 0.229 e. The van der Waals surface area contributed by atoms with Crippen LogP contribution < -0.4 is 0 Å². The summed E-state index contributed by atoms with van der Waals surface area (Å²) in [4.78, 5) is 13.6. The summed E-state index contributed by atoms with van der Waals surface area (Å²) in [6, 6.07) is 0.413. The summed E-state index contributed by atoms with van der Waals surface area (Å²) in [5.41, 5.74) is 0. The normalized spacial score (nSPS) is 25.6. The molecular formula is C10H15NOS2. The highest BCUT2D eigenvalue weighted by atomic mass is 32.2. The average molecular weight is 229 g/mol. The molecule has 0 radical (unpaired) electrons. The molecule has 1 saturated heterocycles. The van der Waals surface area contributed by atoms with Gasteiger partial charge in [0.1, 0.15) is 4.32 Å². The third-order valence-electron chi connectivity index (χ3n) is 2.95. The third kappa shape index (κ3) is 2.11. The molecule has 1 amide bonds. The minimum Gasteiger partial charge on any atom is -0.295 e. The third-order valence-corrected chi connectivity index (χ3v) is 4.35. The van der Waals surface area contributed by atoms with E-state index in [9.17, 15) is 4.79 Å². The van der Waals surface area contributed by atoms with Crippen molar-refractivity contribution in [1.29, 1.82) is 0 Å². The zero-order chi connectivity index (χ0) is 9.97. The number of carbonyl (C=O) groups is 1. The Kier molecular flexibility index (Phi) is 3.44. The van der Waals surface area contributed by atoms with Crippen molar-refractivity contribution in [2.75, 3.05) is 5.75 Å². The fourth-order valence-electron chi connectivity index (χ4n) is 2.21. The van der Waals surface area contributed by atoms with E-state index < -0.39 is 0 Å². The van der Waals surface area contributed by atoms with Crippen LogP contribution >= 0.6 is 24.0 Å². The SMILES string of the molecule is O=C1CCSC(=S)N1C1CCCCC1. The van der Waals surface area contributed by atoms with Crippen LogP contribution in [-0.2, 0) is 4.79 Å². The van der Waals surface area contributed by atoms with Crippen LogP contribution in [0.3, 0.4) is 0 Å². The van der Waals surface area contributed by atoms with Gasteiger partial charge in [0, 0.05) is 18.2 Å². The van der Waals surface area contributed by atoms with Gasteiger partial charge in [-0.2, -0.15) is 0 Å². The lowest BCUT2D eigenvalue weighted by Crippen LogP contribution is -2.46. The molecule has 0 aromatic carbocycles. The Bertz CT molecular complexity index is 233. The predicted molar refractivity (Wildman–Crippen MR) is 63.4 cm³/mol. The predicted octanol–water partition coefficient (Wildman–Crippen LogP) is 2.57. The first-order chi connectivity index (χ1) is 6.79. The lowest BCUT2D eigenvalue weighted by Gasteiger charge is -2.36. The second kappa shape index (κ2) is 4.62. The Hall–Kier alpha value is -0.0900. The molecule has 1 heterocycles. The average Bonchev–Trinajstić information content (AvgIpc) is 2.19. The van der Waals surface area contributed by atoms with Gasteiger partial charge in [-0.1, -0.05) is 43.2 Å². The fourth-order valence-corrected chi connectivity index (χ4v) is 3.55. The van der Waals surface area contributed by atoms with E-state index in [1.54, 1.807) is 11.8 Å². The summed E-state index contributed by atoms with van der Waals surface area (Å²) in [5.74, 6) is 1.13. The molecule has 0 aromatic rings. The first-order valence-electron chi connectivity index (χ1n) is 5.28. The molecule has 0 atom stereocenters. The summed E-state index contributed by atoms with van der Waals surface area (Å²) in [5, 5.41) is 0. The molecule has 2 rings (SSSR count). The van der Waals surface area contributed by atoms with Crippen LogP contribution in [0.1, 0.15) is 38.5 Å². The van der Waals surface area contributed by atoms with Crippen LogP contribution in [0.2, 0.25) is 0 Å². The first kappa shape index (κ1) is 10.4. The molecule has 1 aliphatic carbocycles. The van der Waals surface area contributed by atoms with E-state index in [0.29, 0.717) is 12.5 Å². The van der Waals surface area contributed by atoms with Crippen molar-refractivity contribution < 1.29 is 4.79 Å². The summed E-state index contributed by atoms with van der Waals surface area (Å²) in [6.45, 7) is 0. The van der Waals surface area contributed by atoms with E-state index in [0.717, 1.165) is 22.9 Å². The van der Waals surface area contributed by atoms with Crippen LogP contribution in [0.4, 0.5) is 0 Å². The van der Waals surface area contributed by atoms with Gasteiger partial charge in [-0.25, -0.2) is 0 Å². The zero-order valence-corrected chi connectivity index (χ0v) is 9.83. The van der Waals surface area contributed by atoms with Gasteiger partial charge in [0.15, 0.2) is 0 Å². The molecule has 0 bridgehead atoms. The minimum atomic E-state index is 0.251. The highest BCUT2D eigenvalue weighted by molar-refractivity contribution is 8.23. The molecule has 0 aromatic heterocycles.